The molecule has 1 aromatic heterocycles. The van der Waals surface area contributed by atoms with Crippen molar-refractivity contribution in [3.8, 4) is 0 Å². The van der Waals surface area contributed by atoms with Gasteiger partial charge in [0.05, 0.1) is 6.10 Å². The molecule has 1 aromatic rings. The summed E-state index contributed by atoms with van der Waals surface area (Å²) in [7, 11) is 0. The summed E-state index contributed by atoms with van der Waals surface area (Å²) in [5, 5.41) is 24.7. The summed E-state index contributed by atoms with van der Waals surface area (Å²) < 4.78 is 0. The summed E-state index contributed by atoms with van der Waals surface area (Å²) in [4.78, 5) is 36.8. The Balaban J connectivity index is 0.000000420. The lowest BCUT2D eigenvalue weighted by atomic mass is 9.83. The number of fused-ring (bicyclic) bond motifs is 1. The highest BCUT2D eigenvalue weighted by molar-refractivity contribution is 5.79. The van der Waals surface area contributed by atoms with Crippen LogP contribution in [0.3, 0.4) is 0 Å². The highest BCUT2D eigenvalue weighted by Gasteiger charge is 2.34. The molecule has 1 saturated carbocycles. The smallest absolute Gasteiger partial charge is 0.300 e. The van der Waals surface area contributed by atoms with E-state index in [-0.39, 0.29) is 17.9 Å². The number of pyridine rings is 1. The van der Waals surface area contributed by atoms with Gasteiger partial charge in [0.15, 0.2) is 0 Å². The first kappa shape index (κ1) is 23.5. The molecule has 9 nitrogen and oxygen atoms in total. The van der Waals surface area contributed by atoms with Gasteiger partial charge in [0, 0.05) is 57.2 Å². The molecule has 1 aliphatic carbocycles. The van der Waals surface area contributed by atoms with Gasteiger partial charge in [-0.05, 0) is 30.9 Å². The van der Waals surface area contributed by atoms with Gasteiger partial charge < -0.3 is 26.0 Å². The molecule has 0 bridgehead atoms. The molecule has 0 saturated heterocycles. The average Bonchev–Trinajstić information content (AvgIpc) is 2.62. The molecule has 156 valence electrons. The van der Waals surface area contributed by atoms with E-state index in [1.165, 1.54) is 0 Å². The van der Waals surface area contributed by atoms with Crippen molar-refractivity contribution < 1.29 is 29.7 Å². The first-order valence-electron chi connectivity index (χ1n) is 9.16. The molecule has 0 spiro atoms. The lowest BCUT2D eigenvalue weighted by Crippen LogP contribution is -2.46. The standard InChI is InChI=1S/C15H21N3O2.2C2H4O2/c16-12-4-3-10(8-14(12)19)15(20)18-7-5-13-11(9-18)2-1-6-17-13;2*1-2(3)4/h1-2,6,10,12,14,19H,3-5,7-9,16H2;2*1H3,(H,3,4)/t10-,12-,14-;;/m0../s1. The third kappa shape index (κ3) is 8.01. The maximum Gasteiger partial charge on any atom is 0.300 e. The zero-order valence-electron chi connectivity index (χ0n) is 16.2. The lowest BCUT2D eigenvalue weighted by molar-refractivity contribution is -0.139. The Morgan fingerprint density at radius 1 is 1.18 bits per heavy atom. The number of aliphatic carboxylic acids is 2. The number of nitrogens with zero attached hydrogens (tertiary/aromatic N) is 2. The third-order valence-electron chi connectivity index (χ3n) is 4.49. The molecule has 1 aliphatic heterocycles. The highest BCUT2D eigenvalue weighted by Crippen LogP contribution is 2.27. The van der Waals surface area contributed by atoms with Crippen LogP contribution >= 0.6 is 0 Å². The van der Waals surface area contributed by atoms with Crippen LogP contribution in [0, 0.1) is 5.92 Å². The number of aliphatic hydroxyl groups excluding tert-OH is 1. The van der Waals surface area contributed by atoms with Crippen LogP contribution in [0.4, 0.5) is 0 Å². The molecule has 0 aromatic carbocycles. The molecular formula is C19H29N3O6. The second-order valence-electron chi connectivity index (χ2n) is 6.90. The van der Waals surface area contributed by atoms with Crippen LogP contribution in [0.25, 0.3) is 0 Å². The Morgan fingerprint density at radius 2 is 1.79 bits per heavy atom. The van der Waals surface area contributed by atoms with Crippen LogP contribution in [0.5, 0.6) is 0 Å². The Bertz CT molecular complexity index is 661. The number of aromatic nitrogens is 1. The van der Waals surface area contributed by atoms with Crippen molar-refractivity contribution in [3.05, 3.63) is 29.6 Å². The molecule has 2 heterocycles. The first-order chi connectivity index (χ1) is 13.1. The number of carbonyl (C=O) groups excluding carboxylic acids is 1. The molecule has 28 heavy (non-hydrogen) atoms. The number of aliphatic hydroxyl groups is 1. The van der Waals surface area contributed by atoms with Gasteiger partial charge in [0.25, 0.3) is 11.9 Å². The van der Waals surface area contributed by atoms with E-state index >= 15 is 0 Å². The molecule has 1 amide bonds. The molecule has 5 N–H and O–H groups in total. The van der Waals surface area contributed by atoms with Gasteiger partial charge in [-0.3, -0.25) is 19.4 Å². The van der Waals surface area contributed by atoms with Gasteiger partial charge in [-0.1, -0.05) is 6.07 Å². The fourth-order valence-electron chi connectivity index (χ4n) is 3.21. The molecule has 0 radical (unpaired) electrons. The number of nitrogens with two attached hydrogens (primary N) is 1. The number of carboxylic acid groups (broad SMARTS) is 2. The van der Waals surface area contributed by atoms with Gasteiger partial charge in [0.1, 0.15) is 0 Å². The summed E-state index contributed by atoms with van der Waals surface area (Å²) in [5.74, 6) is -1.59. The minimum atomic E-state index is -0.833. The minimum Gasteiger partial charge on any atom is -0.481 e. The monoisotopic (exact) mass is 395 g/mol. The van der Waals surface area contributed by atoms with Crippen molar-refractivity contribution in [3.63, 3.8) is 0 Å². The van der Waals surface area contributed by atoms with Crippen molar-refractivity contribution in [1.82, 2.24) is 9.88 Å². The highest BCUT2D eigenvalue weighted by atomic mass is 16.4. The van der Waals surface area contributed by atoms with Crippen LogP contribution < -0.4 is 5.73 Å². The summed E-state index contributed by atoms with van der Waals surface area (Å²) in [6.07, 6.45) is 4.08. The fourth-order valence-corrected chi connectivity index (χ4v) is 3.21. The summed E-state index contributed by atoms with van der Waals surface area (Å²) >= 11 is 0. The second-order valence-corrected chi connectivity index (χ2v) is 6.90. The Hall–Kier alpha value is -2.52. The normalized spacial score (nSPS) is 23.1. The van der Waals surface area contributed by atoms with E-state index in [0.717, 1.165) is 50.9 Å². The van der Waals surface area contributed by atoms with Crippen LogP contribution in [-0.2, 0) is 27.3 Å². The molecule has 1 fully saturated rings. The Labute approximate surface area is 164 Å². The van der Waals surface area contributed by atoms with Crippen LogP contribution in [0.15, 0.2) is 18.3 Å². The zero-order chi connectivity index (χ0) is 21.3. The number of hydrogen-bond acceptors (Lipinski definition) is 6. The number of rotatable bonds is 1. The second kappa shape index (κ2) is 11.4. The maximum absolute atomic E-state index is 12.6. The fraction of sp³-hybridized carbons (Fsp3) is 0.579. The van der Waals surface area contributed by atoms with Crippen molar-refractivity contribution >= 4 is 17.8 Å². The molecule has 0 unspecified atom stereocenters. The average molecular weight is 395 g/mol. The molecule has 3 atom stereocenters. The van der Waals surface area contributed by atoms with Crippen molar-refractivity contribution in [2.24, 2.45) is 11.7 Å². The summed E-state index contributed by atoms with van der Waals surface area (Å²) in [5.41, 5.74) is 8.04. The Morgan fingerprint density at radius 3 is 2.36 bits per heavy atom. The van der Waals surface area contributed by atoms with Gasteiger partial charge in [0.2, 0.25) is 5.91 Å². The van der Waals surface area contributed by atoms with E-state index in [1.807, 2.05) is 17.0 Å². The number of carbonyl (C=O) groups is 3. The zero-order valence-corrected chi connectivity index (χ0v) is 16.2. The lowest BCUT2D eigenvalue weighted by Gasteiger charge is -2.35. The summed E-state index contributed by atoms with van der Waals surface area (Å²) in [6, 6.07) is 3.77. The molecule has 3 rings (SSSR count). The van der Waals surface area contributed by atoms with Gasteiger partial charge in [-0.2, -0.15) is 0 Å². The first-order valence-corrected chi connectivity index (χ1v) is 9.16. The van der Waals surface area contributed by atoms with E-state index in [4.69, 9.17) is 25.5 Å². The predicted octanol–water partition coefficient (Wildman–Crippen LogP) is 0.636. The molecule has 2 aliphatic rings. The minimum absolute atomic E-state index is 0.0805. The quantitative estimate of drug-likeness (QED) is 0.540. The van der Waals surface area contributed by atoms with Crippen molar-refractivity contribution in [2.75, 3.05) is 6.54 Å². The number of hydrogen-bond donors (Lipinski definition) is 4. The number of amides is 1. The number of carboxylic acids is 2. The van der Waals surface area contributed by atoms with Gasteiger partial charge in [-0.15, -0.1) is 0 Å². The van der Waals surface area contributed by atoms with Gasteiger partial charge in [-0.25, -0.2) is 0 Å². The van der Waals surface area contributed by atoms with Crippen LogP contribution in [-0.4, -0.2) is 61.7 Å². The van der Waals surface area contributed by atoms with Gasteiger partial charge >= 0.3 is 0 Å². The SMILES string of the molecule is CC(=O)O.CC(=O)O.N[C@H]1CC[C@H](C(=O)N2CCc3ncccc3C2)C[C@@H]1O. The van der Waals surface area contributed by atoms with E-state index in [9.17, 15) is 9.90 Å². The molecular weight excluding hydrogens is 366 g/mol. The topological polar surface area (TPSA) is 154 Å². The van der Waals surface area contributed by atoms with Crippen molar-refractivity contribution in [1.29, 1.82) is 0 Å². The van der Waals surface area contributed by atoms with E-state index in [1.54, 1.807) is 6.20 Å². The Kier molecular flexibility index (Phi) is 9.54. The van der Waals surface area contributed by atoms with E-state index in [2.05, 4.69) is 4.98 Å². The van der Waals surface area contributed by atoms with Crippen molar-refractivity contribution in [2.45, 2.75) is 58.2 Å². The van der Waals surface area contributed by atoms with Crippen LogP contribution in [0.2, 0.25) is 0 Å². The van der Waals surface area contributed by atoms with Crippen LogP contribution in [0.1, 0.15) is 44.4 Å². The third-order valence-corrected chi connectivity index (χ3v) is 4.49. The predicted molar refractivity (Wildman–Crippen MR) is 101 cm³/mol. The largest absolute Gasteiger partial charge is 0.481 e. The van der Waals surface area contributed by atoms with E-state index in [0.29, 0.717) is 13.0 Å². The maximum atomic E-state index is 12.6. The van der Waals surface area contributed by atoms with E-state index < -0.39 is 18.0 Å². The molecule has 9 heteroatoms. The summed E-state index contributed by atoms with van der Waals surface area (Å²) in [6.45, 7) is 3.53.